The molecule has 0 aliphatic carbocycles. The summed E-state index contributed by atoms with van der Waals surface area (Å²) in [5.41, 5.74) is 1.11. The van der Waals surface area contributed by atoms with Gasteiger partial charge in [0, 0.05) is 10.7 Å². The van der Waals surface area contributed by atoms with Crippen molar-refractivity contribution in [2.24, 2.45) is 0 Å². The Kier molecular flexibility index (Phi) is 6.01. The van der Waals surface area contributed by atoms with Gasteiger partial charge in [0.15, 0.2) is 0 Å². The number of halogens is 6. The number of carbonyl (C=O) groups excluding carboxylic acids is 3. The number of carbonyl (C=O) groups is 3. The van der Waals surface area contributed by atoms with E-state index in [1.54, 1.807) is 31.2 Å². The quantitative estimate of drug-likeness (QED) is 0.145. The fraction of sp³-hybridized carbons (Fsp3) is 0.125. The van der Waals surface area contributed by atoms with Crippen molar-refractivity contribution >= 4 is 81.4 Å². The molecule has 178 valence electrons. The number of amides is 3. The topological polar surface area (TPSA) is 57.7 Å². The van der Waals surface area contributed by atoms with Gasteiger partial charge in [0.2, 0.25) is 0 Å². The van der Waals surface area contributed by atoms with Crippen LogP contribution in [0.25, 0.3) is 0 Å². The number of β-lactam (4-membered cyclic amide) rings is 1. The van der Waals surface area contributed by atoms with E-state index in [0.717, 1.165) is 10.5 Å². The van der Waals surface area contributed by atoms with Crippen LogP contribution in [0.15, 0.2) is 42.5 Å². The van der Waals surface area contributed by atoms with Crippen molar-refractivity contribution in [2.45, 2.75) is 19.0 Å². The Hall–Kier alpha value is -2.35. The number of hydrogen-bond acceptors (Lipinski definition) is 3. The van der Waals surface area contributed by atoms with Crippen LogP contribution in [-0.4, -0.2) is 28.7 Å². The molecule has 0 radical (unpaired) electrons. The first-order valence-corrected chi connectivity index (χ1v) is 12.0. The maximum Gasteiger partial charge on any atom is 0.264 e. The van der Waals surface area contributed by atoms with Crippen LogP contribution in [0.4, 0.5) is 10.1 Å². The Balaban J connectivity index is 1.65. The first-order chi connectivity index (χ1) is 16.5. The number of rotatable bonds is 3. The van der Waals surface area contributed by atoms with Crippen molar-refractivity contribution in [3.63, 3.8) is 0 Å². The number of anilines is 1. The van der Waals surface area contributed by atoms with Gasteiger partial charge >= 0.3 is 0 Å². The van der Waals surface area contributed by atoms with Gasteiger partial charge in [-0.3, -0.25) is 19.3 Å². The number of benzene rings is 3. The van der Waals surface area contributed by atoms with E-state index in [-0.39, 0.29) is 31.2 Å². The average Bonchev–Trinajstić information content (AvgIpc) is 3.07. The van der Waals surface area contributed by atoms with Crippen molar-refractivity contribution < 1.29 is 18.8 Å². The van der Waals surface area contributed by atoms with Gasteiger partial charge in [-0.2, -0.15) is 0 Å². The first-order valence-electron chi connectivity index (χ1n) is 10.1. The molecule has 0 N–H and O–H groups in total. The van der Waals surface area contributed by atoms with Crippen molar-refractivity contribution in [3.05, 3.63) is 95.6 Å². The van der Waals surface area contributed by atoms with Crippen LogP contribution < -0.4 is 4.90 Å². The summed E-state index contributed by atoms with van der Waals surface area (Å²) in [6, 6.07) is 8.35. The monoisotopic (exact) mass is 570 g/mol. The maximum atomic E-state index is 14.2. The summed E-state index contributed by atoms with van der Waals surface area (Å²) >= 11 is 30.9. The number of nitrogens with zero attached hydrogens (tertiary/aromatic N) is 2. The van der Waals surface area contributed by atoms with E-state index in [2.05, 4.69) is 0 Å². The van der Waals surface area contributed by atoms with Crippen molar-refractivity contribution in [3.8, 4) is 0 Å². The summed E-state index contributed by atoms with van der Waals surface area (Å²) in [4.78, 5) is 42.4. The second-order valence-corrected chi connectivity index (χ2v) is 9.99. The molecule has 2 unspecified atom stereocenters. The normalized spacial score (nSPS) is 19.3. The molecule has 35 heavy (non-hydrogen) atoms. The van der Waals surface area contributed by atoms with E-state index in [1.165, 1.54) is 23.1 Å². The zero-order valence-corrected chi connectivity index (χ0v) is 21.4. The molecule has 2 aliphatic heterocycles. The predicted molar refractivity (Wildman–Crippen MR) is 134 cm³/mol. The Morgan fingerprint density at radius 3 is 1.89 bits per heavy atom. The van der Waals surface area contributed by atoms with Crippen LogP contribution in [0.5, 0.6) is 0 Å². The van der Waals surface area contributed by atoms with Gasteiger partial charge in [-0.25, -0.2) is 4.39 Å². The largest absolute Gasteiger partial charge is 0.300 e. The Morgan fingerprint density at radius 2 is 1.34 bits per heavy atom. The third kappa shape index (κ3) is 3.54. The van der Waals surface area contributed by atoms with Gasteiger partial charge in [-0.05, 0) is 42.3 Å². The predicted octanol–water partition coefficient (Wildman–Crippen LogP) is 7.15. The molecule has 2 aliphatic rings. The number of fused-ring (bicyclic) bond motifs is 1. The molecule has 1 fully saturated rings. The summed E-state index contributed by atoms with van der Waals surface area (Å²) < 4.78 is 14.2. The molecule has 3 aromatic rings. The number of hydrogen-bond donors (Lipinski definition) is 0. The molecule has 0 spiro atoms. The van der Waals surface area contributed by atoms with E-state index in [0.29, 0.717) is 16.3 Å². The SMILES string of the molecule is Cc1ccc(N2C(=O)C(N3C(=O)c4c(Cl)c(Cl)c(Cl)c(Cl)c4C3=O)C2c2cccc(F)c2)cc1Cl. The van der Waals surface area contributed by atoms with Gasteiger partial charge in [0.1, 0.15) is 11.9 Å². The molecule has 1 saturated heterocycles. The van der Waals surface area contributed by atoms with Crippen LogP contribution in [0.1, 0.15) is 37.9 Å². The van der Waals surface area contributed by atoms with Crippen LogP contribution in [0.2, 0.25) is 25.1 Å². The Labute approximate surface area is 223 Å². The van der Waals surface area contributed by atoms with Crippen LogP contribution in [0, 0.1) is 12.7 Å². The molecule has 3 amide bonds. The van der Waals surface area contributed by atoms with E-state index < -0.39 is 35.6 Å². The molecule has 2 heterocycles. The van der Waals surface area contributed by atoms with Crippen molar-refractivity contribution in [2.75, 3.05) is 4.90 Å². The Morgan fingerprint density at radius 1 is 0.743 bits per heavy atom. The summed E-state index contributed by atoms with van der Waals surface area (Å²) in [5, 5.41) is -0.433. The second kappa shape index (κ2) is 8.64. The summed E-state index contributed by atoms with van der Waals surface area (Å²) in [7, 11) is 0. The van der Waals surface area contributed by atoms with Crippen LogP contribution in [0.3, 0.4) is 0 Å². The van der Waals surface area contributed by atoms with Crippen molar-refractivity contribution in [1.29, 1.82) is 0 Å². The molecule has 3 aromatic carbocycles. The fourth-order valence-electron chi connectivity index (χ4n) is 4.39. The molecule has 2 atom stereocenters. The first kappa shape index (κ1) is 24.3. The average molecular weight is 573 g/mol. The highest BCUT2D eigenvalue weighted by Gasteiger charge is 2.58. The van der Waals surface area contributed by atoms with Crippen LogP contribution in [-0.2, 0) is 4.79 Å². The highest BCUT2D eigenvalue weighted by Crippen LogP contribution is 2.49. The molecule has 0 bridgehead atoms. The lowest BCUT2D eigenvalue weighted by atomic mass is 9.86. The summed E-state index contributed by atoms with van der Waals surface area (Å²) in [6.45, 7) is 1.80. The van der Waals surface area contributed by atoms with Gasteiger partial charge in [0.25, 0.3) is 17.7 Å². The Bertz CT molecular complexity index is 1430. The minimum atomic E-state index is -1.30. The molecule has 5 nitrogen and oxygen atoms in total. The summed E-state index contributed by atoms with van der Waals surface area (Å²) in [5.74, 6) is -2.82. The molecule has 0 saturated carbocycles. The standard InChI is InChI=1S/C24H12Cl5FN2O3/c1-9-5-6-12(8-13(9)25)31-20(10-3-2-4-11(30)7-10)21(24(31)35)32-22(33)14-15(23(32)34)17(27)19(29)18(28)16(14)26/h2-8,20-21H,1H3. The zero-order valence-electron chi connectivity index (χ0n) is 17.6. The van der Waals surface area contributed by atoms with Gasteiger partial charge in [-0.15, -0.1) is 0 Å². The summed E-state index contributed by atoms with van der Waals surface area (Å²) in [6.07, 6.45) is 0. The maximum absolute atomic E-state index is 14.2. The molecular weight excluding hydrogens is 561 g/mol. The van der Waals surface area contributed by atoms with E-state index in [9.17, 15) is 18.8 Å². The van der Waals surface area contributed by atoms with Gasteiger partial charge < -0.3 is 4.90 Å². The highest BCUT2D eigenvalue weighted by atomic mass is 35.5. The second-order valence-electron chi connectivity index (χ2n) is 8.07. The lowest BCUT2D eigenvalue weighted by molar-refractivity contribution is -0.130. The molecular formula is C24H12Cl5FN2O3. The fourth-order valence-corrected chi connectivity index (χ4v) is 5.57. The van der Waals surface area contributed by atoms with Gasteiger partial charge in [-0.1, -0.05) is 76.2 Å². The van der Waals surface area contributed by atoms with Crippen LogP contribution >= 0.6 is 58.0 Å². The minimum Gasteiger partial charge on any atom is -0.300 e. The van der Waals surface area contributed by atoms with E-state index in [4.69, 9.17) is 58.0 Å². The third-order valence-corrected chi connectivity index (χ3v) is 8.31. The smallest absolute Gasteiger partial charge is 0.264 e. The lowest BCUT2D eigenvalue weighted by Crippen LogP contribution is -2.67. The third-order valence-electron chi connectivity index (χ3n) is 6.10. The van der Waals surface area contributed by atoms with Gasteiger partial charge in [0.05, 0.1) is 37.3 Å². The van der Waals surface area contributed by atoms with Crippen molar-refractivity contribution in [1.82, 2.24) is 4.90 Å². The minimum absolute atomic E-state index is 0.183. The highest BCUT2D eigenvalue weighted by molar-refractivity contribution is 6.55. The lowest BCUT2D eigenvalue weighted by Gasteiger charge is -2.49. The zero-order chi connectivity index (χ0) is 25.3. The number of aryl methyl sites for hydroxylation is 1. The van der Waals surface area contributed by atoms with E-state index in [1.807, 2.05) is 0 Å². The number of imide groups is 1. The molecule has 5 rings (SSSR count). The molecule has 11 heteroatoms. The van der Waals surface area contributed by atoms with E-state index >= 15 is 0 Å². The molecule has 0 aromatic heterocycles.